The zero-order valence-corrected chi connectivity index (χ0v) is 12.3. The molecule has 19 heavy (non-hydrogen) atoms. The van der Waals surface area contributed by atoms with Gasteiger partial charge in [-0.2, -0.15) is 5.10 Å². The van der Waals surface area contributed by atoms with Crippen LogP contribution in [-0.4, -0.2) is 31.5 Å². The molecule has 1 aromatic rings. The Morgan fingerprint density at radius 2 is 2.16 bits per heavy atom. The highest BCUT2D eigenvalue weighted by molar-refractivity contribution is 7.71. The van der Waals surface area contributed by atoms with Gasteiger partial charge in [-0.25, -0.2) is 4.68 Å². The number of aryl methyl sites for hydroxylation is 1. The molecular weight excluding hydrogens is 264 g/mol. The number of unbranched alkanes of at least 4 members (excludes halogenated alkanes) is 1. The minimum atomic E-state index is -1.04. The maximum Gasteiger partial charge on any atom is 0.322 e. The molecule has 1 rings (SSSR count). The summed E-state index contributed by atoms with van der Waals surface area (Å²) in [5, 5.41) is 13.3. The Labute approximate surface area is 118 Å². The Morgan fingerprint density at radius 1 is 1.47 bits per heavy atom. The molecule has 0 saturated carbocycles. The van der Waals surface area contributed by atoms with Crippen molar-refractivity contribution in [2.45, 2.75) is 58.7 Å². The highest BCUT2D eigenvalue weighted by Crippen LogP contribution is 2.08. The molecule has 0 radical (unpaired) electrons. The molecule has 0 fully saturated rings. The highest BCUT2D eigenvalue weighted by Gasteiger charge is 2.16. The smallest absolute Gasteiger partial charge is 0.322 e. The van der Waals surface area contributed by atoms with Gasteiger partial charge in [0.25, 0.3) is 0 Å². The van der Waals surface area contributed by atoms with E-state index >= 15 is 0 Å². The molecule has 108 valence electrons. The summed E-state index contributed by atoms with van der Waals surface area (Å²) in [6, 6.07) is -0.976. The topological polar surface area (TPSA) is 86.1 Å². The molecule has 0 aliphatic rings. The molecule has 7 heteroatoms. The lowest BCUT2D eigenvalue weighted by atomic mass is 10.2. The lowest BCUT2D eigenvalue weighted by Crippen LogP contribution is -2.35. The van der Waals surface area contributed by atoms with Crippen molar-refractivity contribution in [3.63, 3.8) is 0 Å². The Kier molecular flexibility index (Phi) is 6.17. The molecule has 0 aliphatic heterocycles. The van der Waals surface area contributed by atoms with Crippen LogP contribution in [0.25, 0.3) is 0 Å². The zero-order valence-electron chi connectivity index (χ0n) is 11.5. The summed E-state index contributed by atoms with van der Waals surface area (Å²) in [6.45, 7) is 5.12. The van der Waals surface area contributed by atoms with Crippen LogP contribution < -0.4 is 5.73 Å². The zero-order chi connectivity index (χ0) is 14.4. The Hall–Kier alpha value is -1.21. The van der Waals surface area contributed by atoms with Crippen molar-refractivity contribution in [3.8, 4) is 0 Å². The quantitative estimate of drug-likeness (QED) is 0.709. The molecule has 1 heterocycles. The van der Waals surface area contributed by atoms with Crippen molar-refractivity contribution < 1.29 is 9.90 Å². The Balaban J connectivity index is 2.99. The van der Waals surface area contributed by atoms with E-state index in [4.69, 9.17) is 23.1 Å². The van der Waals surface area contributed by atoms with Gasteiger partial charge in [0.2, 0.25) is 0 Å². The molecule has 1 aromatic heterocycles. The van der Waals surface area contributed by atoms with Gasteiger partial charge >= 0.3 is 5.97 Å². The molecule has 0 amide bonds. The number of carboxylic acid groups (broad SMARTS) is 1. The van der Waals surface area contributed by atoms with E-state index in [0.717, 1.165) is 38.1 Å². The van der Waals surface area contributed by atoms with Crippen LogP contribution in [0.5, 0.6) is 0 Å². The minimum absolute atomic E-state index is 0.115. The molecule has 0 saturated heterocycles. The fourth-order valence-electron chi connectivity index (χ4n) is 1.84. The summed E-state index contributed by atoms with van der Waals surface area (Å²) in [6.07, 6.45) is 3.94. The highest BCUT2D eigenvalue weighted by atomic mass is 32.1. The van der Waals surface area contributed by atoms with Crippen LogP contribution in [0.3, 0.4) is 0 Å². The normalized spacial score (nSPS) is 12.6. The van der Waals surface area contributed by atoms with E-state index in [9.17, 15) is 4.79 Å². The Morgan fingerprint density at radius 3 is 2.68 bits per heavy atom. The van der Waals surface area contributed by atoms with Crippen molar-refractivity contribution in [1.29, 1.82) is 0 Å². The average Bonchev–Trinajstić information content (AvgIpc) is 2.65. The summed E-state index contributed by atoms with van der Waals surface area (Å²) in [4.78, 5) is 10.8. The molecule has 0 aromatic carbocycles. The maximum atomic E-state index is 10.8. The van der Waals surface area contributed by atoms with Gasteiger partial charge in [-0.3, -0.25) is 4.79 Å². The van der Waals surface area contributed by atoms with Gasteiger partial charge in [-0.05, 0) is 25.1 Å². The summed E-state index contributed by atoms with van der Waals surface area (Å²) in [7, 11) is 0. The third kappa shape index (κ3) is 4.14. The SMILES string of the molecule is CCCCc1nn(C[C@H](N)C(=O)O)c(=S)n1CCC. The number of rotatable bonds is 8. The molecule has 0 aliphatic carbocycles. The number of nitrogens with zero attached hydrogens (tertiary/aromatic N) is 3. The van der Waals surface area contributed by atoms with Crippen molar-refractivity contribution >= 4 is 18.2 Å². The molecule has 1 atom stereocenters. The third-order valence-electron chi connectivity index (χ3n) is 2.89. The fourth-order valence-corrected chi connectivity index (χ4v) is 2.15. The van der Waals surface area contributed by atoms with E-state index < -0.39 is 12.0 Å². The fraction of sp³-hybridized carbons (Fsp3) is 0.750. The largest absolute Gasteiger partial charge is 0.480 e. The van der Waals surface area contributed by atoms with Crippen LogP contribution in [0.4, 0.5) is 0 Å². The summed E-state index contributed by atoms with van der Waals surface area (Å²) in [5.41, 5.74) is 5.53. The standard InChI is InChI=1S/C12H22N4O2S/c1-3-5-6-10-14-16(8-9(13)11(17)18)12(19)15(10)7-4-2/h9H,3-8,13H2,1-2H3,(H,17,18)/t9-/m0/s1. The number of hydrogen-bond acceptors (Lipinski definition) is 4. The van der Waals surface area contributed by atoms with Crippen molar-refractivity contribution in [1.82, 2.24) is 14.3 Å². The Bertz CT molecular complexity index is 481. The number of nitrogens with two attached hydrogens (primary N) is 1. The first-order valence-electron chi connectivity index (χ1n) is 6.66. The van der Waals surface area contributed by atoms with Crippen LogP contribution >= 0.6 is 12.2 Å². The summed E-state index contributed by atoms with van der Waals surface area (Å²) < 4.78 is 4.08. The number of carbonyl (C=O) groups is 1. The molecular formula is C12H22N4O2S. The van der Waals surface area contributed by atoms with Gasteiger partial charge < -0.3 is 15.4 Å². The second-order valence-corrected chi connectivity index (χ2v) is 4.95. The van der Waals surface area contributed by atoms with E-state index in [1.165, 1.54) is 4.68 Å². The summed E-state index contributed by atoms with van der Waals surface area (Å²) in [5.74, 6) is -0.117. The number of carboxylic acids is 1. The van der Waals surface area contributed by atoms with Gasteiger partial charge in [0, 0.05) is 13.0 Å². The van der Waals surface area contributed by atoms with E-state index in [1.54, 1.807) is 0 Å². The number of hydrogen-bond donors (Lipinski definition) is 2. The van der Waals surface area contributed by atoms with Crippen molar-refractivity contribution in [2.75, 3.05) is 0 Å². The van der Waals surface area contributed by atoms with Crippen LogP contribution in [0, 0.1) is 4.77 Å². The van der Waals surface area contributed by atoms with Gasteiger partial charge in [-0.1, -0.05) is 20.3 Å². The van der Waals surface area contributed by atoms with Crippen LogP contribution in [-0.2, 0) is 24.3 Å². The molecule has 3 N–H and O–H groups in total. The van der Waals surface area contributed by atoms with Gasteiger partial charge in [0.1, 0.15) is 11.9 Å². The monoisotopic (exact) mass is 286 g/mol. The van der Waals surface area contributed by atoms with E-state index in [2.05, 4.69) is 18.9 Å². The van der Waals surface area contributed by atoms with Crippen molar-refractivity contribution in [3.05, 3.63) is 10.6 Å². The average molecular weight is 286 g/mol. The molecule has 0 unspecified atom stereocenters. The second kappa shape index (κ2) is 7.40. The minimum Gasteiger partial charge on any atom is -0.480 e. The lowest BCUT2D eigenvalue weighted by molar-refractivity contribution is -0.138. The van der Waals surface area contributed by atoms with Gasteiger partial charge in [0.05, 0.1) is 6.54 Å². The molecule has 6 nitrogen and oxygen atoms in total. The maximum absolute atomic E-state index is 10.8. The molecule has 0 spiro atoms. The predicted molar refractivity (Wildman–Crippen MR) is 75.6 cm³/mol. The van der Waals surface area contributed by atoms with Gasteiger partial charge in [0.15, 0.2) is 4.77 Å². The van der Waals surface area contributed by atoms with Crippen LogP contribution in [0.15, 0.2) is 0 Å². The molecule has 0 bridgehead atoms. The predicted octanol–water partition coefficient (Wildman–Crippen LogP) is 1.58. The van der Waals surface area contributed by atoms with Crippen LogP contribution in [0.1, 0.15) is 38.9 Å². The van der Waals surface area contributed by atoms with E-state index in [0.29, 0.717) is 4.77 Å². The number of aromatic nitrogens is 3. The summed E-state index contributed by atoms with van der Waals surface area (Å²) >= 11 is 5.35. The first-order chi connectivity index (χ1) is 9.01. The van der Waals surface area contributed by atoms with E-state index in [1.807, 2.05) is 4.57 Å². The first kappa shape index (κ1) is 15.8. The van der Waals surface area contributed by atoms with Crippen LogP contribution in [0.2, 0.25) is 0 Å². The van der Waals surface area contributed by atoms with Crippen molar-refractivity contribution in [2.24, 2.45) is 5.73 Å². The van der Waals surface area contributed by atoms with Gasteiger partial charge in [-0.15, -0.1) is 0 Å². The first-order valence-corrected chi connectivity index (χ1v) is 7.07. The lowest BCUT2D eigenvalue weighted by Gasteiger charge is -2.05. The third-order valence-corrected chi connectivity index (χ3v) is 3.32. The number of aliphatic carboxylic acids is 1. The second-order valence-electron chi connectivity index (χ2n) is 4.58. The van der Waals surface area contributed by atoms with E-state index in [-0.39, 0.29) is 6.54 Å².